The molecule has 2 fully saturated rings. The van der Waals surface area contributed by atoms with E-state index in [0.717, 1.165) is 25.7 Å². The molecule has 1 heterocycles. The van der Waals surface area contributed by atoms with Gasteiger partial charge in [0.25, 0.3) is 0 Å². The van der Waals surface area contributed by atoms with Crippen molar-refractivity contribution in [1.29, 1.82) is 0 Å². The number of hydrogen-bond donors (Lipinski definition) is 2. The van der Waals surface area contributed by atoms with Gasteiger partial charge in [0.2, 0.25) is 0 Å². The monoisotopic (exact) mass is 213 g/mol. The zero-order valence-electron chi connectivity index (χ0n) is 9.15. The van der Waals surface area contributed by atoms with Crippen LogP contribution in [0, 0.1) is 11.3 Å². The Morgan fingerprint density at radius 1 is 1.40 bits per heavy atom. The lowest BCUT2D eigenvalue weighted by Gasteiger charge is -2.52. The van der Waals surface area contributed by atoms with Gasteiger partial charge in [-0.2, -0.15) is 0 Å². The third-order valence-electron chi connectivity index (χ3n) is 4.17. The molecule has 0 bridgehead atoms. The van der Waals surface area contributed by atoms with Gasteiger partial charge in [-0.05, 0) is 43.9 Å². The molecule has 2 N–H and O–H groups in total. The van der Waals surface area contributed by atoms with E-state index in [0.29, 0.717) is 24.4 Å². The molecule has 1 aliphatic carbocycles. The summed E-state index contributed by atoms with van der Waals surface area (Å²) in [6.07, 6.45) is 3.12. The topological polar surface area (TPSA) is 60.8 Å². The van der Waals surface area contributed by atoms with Crippen molar-refractivity contribution in [2.24, 2.45) is 11.3 Å². The number of carbonyl (C=O) groups is 1. The summed E-state index contributed by atoms with van der Waals surface area (Å²) >= 11 is 0. The standard InChI is InChI=1S/C11H19NO3/c1-8(13)9-6-11(7-9)2-4-12(5-3-11)10(14)15/h8-9,13H,2-7H2,1H3,(H,14,15). The lowest BCUT2D eigenvalue weighted by atomic mass is 9.56. The highest BCUT2D eigenvalue weighted by Crippen LogP contribution is 2.53. The summed E-state index contributed by atoms with van der Waals surface area (Å²) in [5.41, 5.74) is 0.355. The minimum atomic E-state index is -0.795. The van der Waals surface area contributed by atoms with Crippen LogP contribution in [0.5, 0.6) is 0 Å². The van der Waals surface area contributed by atoms with Crippen LogP contribution >= 0.6 is 0 Å². The number of aliphatic hydroxyl groups is 1. The number of piperidine rings is 1. The highest BCUT2D eigenvalue weighted by atomic mass is 16.4. The predicted octanol–water partition coefficient (Wildman–Crippen LogP) is 1.54. The Morgan fingerprint density at radius 3 is 2.33 bits per heavy atom. The number of aliphatic hydroxyl groups excluding tert-OH is 1. The van der Waals surface area contributed by atoms with Crippen LogP contribution in [0.25, 0.3) is 0 Å². The van der Waals surface area contributed by atoms with Gasteiger partial charge in [-0.1, -0.05) is 0 Å². The fourth-order valence-electron chi connectivity index (χ4n) is 2.97. The zero-order valence-corrected chi connectivity index (χ0v) is 9.15. The lowest BCUT2D eigenvalue weighted by molar-refractivity contribution is -0.0578. The Kier molecular flexibility index (Phi) is 2.63. The molecular weight excluding hydrogens is 194 g/mol. The summed E-state index contributed by atoms with van der Waals surface area (Å²) in [7, 11) is 0. The molecule has 0 radical (unpaired) electrons. The van der Waals surface area contributed by atoms with Crippen molar-refractivity contribution in [1.82, 2.24) is 4.90 Å². The molecule has 1 spiro atoms. The zero-order chi connectivity index (χ0) is 11.1. The van der Waals surface area contributed by atoms with E-state index in [-0.39, 0.29) is 6.10 Å². The quantitative estimate of drug-likeness (QED) is 0.694. The molecule has 1 atom stereocenters. The molecule has 1 saturated carbocycles. The van der Waals surface area contributed by atoms with Gasteiger partial charge >= 0.3 is 6.09 Å². The van der Waals surface area contributed by atoms with Crippen molar-refractivity contribution < 1.29 is 15.0 Å². The summed E-state index contributed by atoms with van der Waals surface area (Å²) in [6, 6.07) is 0. The second-order valence-electron chi connectivity index (χ2n) is 5.18. The second kappa shape index (κ2) is 3.67. The van der Waals surface area contributed by atoms with Crippen molar-refractivity contribution >= 4 is 6.09 Å². The van der Waals surface area contributed by atoms with Crippen molar-refractivity contribution in [3.8, 4) is 0 Å². The van der Waals surface area contributed by atoms with Crippen LogP contribution in [0.15, 0.2) is 0 Å². The Balaban J connectivity index is 1.83. The number of likely N-dealkylation sites (tertiary alicyclic amines) is 1. The molecule has 0 aromatic rings. The van der Waals surface area contributed by atoms with Crippen LogP contribution in [0.2, 0.25) is 0 Å². The van der Waals surface area contributed by atoms with Crippen LogP contribution in [0.1, 0.15) is 32.6 Å². The van der Waals surface area contributed by atoms with E-state index in [1.165, 1.54) is 4.90 Å². The summed E-state index contributed by atoms with van der Waals surface area (Å²) in [4.78, 5) is 12.2. The Bertz CT molecular complexity index is 249. The Morgan fingerprint density at radius 2 is 1.93 bits per heavy atom. The van der Waals surface area contributed by atoms with E-state index in [4.69, 9.17) is 5.11 Å². The van der Waals surface area contributed by atoms with Gasteiger partial charge in [0.1, 0.15) is 0 Å². The second-order valence-corrected chi connectivity index (χ2v) is 5.18. The molecule has 86 valence electrons. The lowest BCUT2D eigenvalue weighted by Crippen LogP contribution is -2.50. The van der Waals surface area contributed by atoms with Crippen LogP contribution in [-0.2, 0) is 0 Å². The number of hydrogen-bond acceptors (Lipinski definition) is 2. The first-order chi connectivity index (χ1) is 7.02. The molecule has 0 aromatic carbocycles. The molecule has 0 aromatic heterocycles. The average molecular weight is 213 g/mol. The third-order valence-corrected chi connectivity index (χ3v) is 4.17. The summed E-state index contributed by atoms with van der Waals surface area (Å²) in [5.74, 6) is 0.446. The molecule has 4 heteroatoms. The first kappa shape index (κ1) is 10.7. The Labute approximate surface area is 89.9 Å². The molecule has 1 saturated heterocycles. The van der Waals surface area contributed by atoms with Crippen molar-refractivity contribution in [2.45, 2.75) is 38.7 Å². The maximum absolute atomic E-state index is 10.7. The van der Waals surface area contributed by atoms with Crippen LogP contribution in [0.3, 0.4) is 0 Å². The number of rotatable bonds is 1. The molecular formula is C11H19NO3. The third kappa shape index (κ3) is 1.95. The van der Waals surface area contributed by atoms with Crippen molar-refractivity contribution in [3.63, 3.8) is 0 Å². The van der Waals surface area contributed by atoms with Gasteiger partial charge in [-0.25, -0.2) is 4.79 Å². The largest absolute Gasteiger partial charge is 0.465 e. The smallest absolute Gasteiger partial charge is 0.407 e. The molecule has 2 aliphatic rings. The molecule has 15 heavy (non-hydrogen) atoms. The molecule has 4 nitrogen and oxygen atoms in total. The summed E-state index contributed by atoms with van der Waals surface area (Å²) in [5, 5.41) is 18.2. The molecule has 2 rings (SSSR count). The normalized spacial score (nSPS) is 27.5. The maximum Gasteiger partial charge on any atom is 0.407 e. The van der Waals surface area contributed by atoms with Gasteiger partial charge in [-0.3, -0.25) is 0 Å². The van der Waals surface area contributed by atoms with E-state index in [9.17, 15) is 9.90 Å². The summed E-state index contributed by atoms with van der Waals surface area (Å²) in [6.45, 7) is 3.19. The highest BCUT2D eigenvalue weighted by molar-refractivity contribution is 5.65. The minimum Gasteiger partial charge on any atom is -0.465 e. The van der Waals surface area contributed by atoms with E-state index < -0.39 is 6.09 Å². The number of carboxylic acid groups (broad SMARTS) is 1. The van der Waals surface area contributed by atoms with Gasteiger partial charge in [-0.15, -0.1) is 0 Å². The van der Waals surface area contributed by atoms with E-state index in [1.54, 1.807) is 0 Å². The highest BCUT2D eigenvalue weighted by Gasteiger charge is 2.47. The fraction of sp³-hybridized carbons (Fsp3) is 0.909. The molecule has 1 aliphatic heterocycles. The molecule has 1 unspecified atom stereocenters. The predicted molar refractivity (Wildman–Crippen MR) is 55.7 cm³/mol. The van der Waals surface area contributed by atoms with Gasteiger partial charge in [0.05, 0.1) is 6.10 Å². The van der Waals surface area contributed by atoms with Crippen LogP contribution in [-0.4, -0.2) is 40.4 Å². The van der Waals surface area contributed by atoms with Gasteiger partial charge < -0.3 is 15.1 Å². The van der Waals surface area contributed by atoms with Crippen molar-refractivity contribution in [2.75, 3.05) is 13.1 Å². The first-order valence-corrected chi connectivity index (χ1v) is 5.68. The Hall–Kier alpha value is -0.770. The van der Waals surface area contributed by atoms with Gasteiger partial charge in [0, 0.05) is 13.1 Å². The van der Waals surface area contributed by atoms with Crippen LogP contribution < -0.4 is 0 Å². The minimum absolute atomic E-state index is 0.201. The number of amides is 1. The van der Waals surface area contributed by atoms with Crippen LogP contribution in [0.4, 0.5) is 4.79 Å². The SMILES string of the molecule is CC(O)C1CC2(CCN(C(=O)O)CC2)C1. The number of nitrogens with zero attached hydrogens (tertiary/aromatic N) is 1. The summed E-state index contributed by atoms with van der Waals surface area (Å²) < 4.78 is 0. The first-order valence-electron chi connectivity index (χ1n) is 5.68. The van der Waals surface area contributed by atoms with Crippen molar-refractivity contribution in [3.05, 3.63) is 0 Å². The van der Waals surface area contributed by atoms with E-state index in [1.807, 2.05) is 6.92 Å². The van der Waals surface area contributed by atoms with E-state index in [2.05, 4.69) is 0 Å². The molecule has 1 amide bonds. The average Bonchev–Trinajstić information content (AvgIpc) is 2.13. The van der Waals surface area contributed by atoms with E-state index >= 15 is 0 Å². The maximum atomic E-state index is 10.7. The fourth-order valence-corrected chi connectivity index (χ4v) is 2.97. The van der Waals surface area contributed by atoms with Gasteiger partial charge in [0.15, 0.2) is 0 Å².